The maximum Gasteiger partial charge on any atom is 0.257 e. The number of nitrogens with zero attached hydrogens (tertiary/aromatic N) is 4. The second-order valence-electron chi connectivity index (χ2n) is 8.40. The minimum Gasteiger partial charge on any atom is -0.493 e. The molecule has 3 aromatic rings. The lowest BCUT2D eigenvalue weighted by Crippen LogP contribution is -2.48. The van der Waals surface area contributed by atoms with Gasteiger partial charge < -0.3 is 9.64 Å². The largest absolute Gasteiger partial charge is 0.493 e. The van der Waals surface area contributed by atoms with Crippen molar-refractivity contribution in [2.24, 2.45) is 0 Å². The van der Waals surface area contributed by atoms with Crippen LogP contribution < -0.4 is 4.74 Å². The van der Waals surface area contributed by atoms with Gasteiger partial charge in [0, 0.05) is 39.1 Å². The third-order valence-corrected chi connectivity index (χ3v) is 6.33. The average molecular weight is 417 g/mol. The van der Waals surface area contributed by atoms with Crippen molar-refractivity contribution >= 4 is 5.91 Å². The van der Waals surface area contributed by atoms with Crippen molar-refractivity contribution in [1.82, 2.24) is 19.6 Å². The van der Waals surface area contributed by atoms with Crippen molar-refractivity contribution in [1.29, 1.82) is 0 Å². The Bertz CT molecular complexity index is 1100. The molecule has 2 aromatic carbocycles. The lowest BCUT2D eigenvalue weighted by Gasteiger charge is -2.35. The molecule has 1 aromatic heterocycles. The second-order valence-corrected chi connectivity index (χ2v) is 8.40. The number of fused-ring (bicyclic) bond motifs is 1. The van der Waals surface area contributed by atoms with Crippen molar-refractivity contribution in [2.75, 3.05) is 32.8 Å². The number of piperazine rings is 1. The molecule has 0 unspecified atom stereocenters. The quantitative estimate of drug-likeness (QED) is 0.654. The zero-order valence-electron chi connectivity index (χ0n) is 18.2. The Morgan fingerprint density at radius 1 is 1.03 bits per heavy atom. The number of para-hydroxylation sites is 1. The first-order chi connectivity index (χ1) is 15.1. The fourth-order valence-electron chi connectivity index (χ4n) is 4.64. The Morgan fingerprint density at radius 2 is 1.81 bits per heavy atom. The van der Waals surface area contributed by atoms with Crippen molar-refractivity contribution in [3.63, 3.8) is 0 Å². The highest BCUT2D eigenvalue weighted by Crippen LogP contribution is 2.27. The molecule has 2 aliphatic rings. The molecule has 0 atom stereocenters. The summed E-state index contributed by atoms with van der Waals surface area (Å²) in [4.78, 5) is 17.7. The fraction of sp³-hybridized carbons (Fsp3) is 0.360. The molecule has 0 N–H and O–H groups in total. The SMILES string of the molecule is Cc1nn(-c2ccccc2)c(C)c1C(=O)N1CCN(Cc2ccc3c(c2)CCO3)CC1. The molecule has 0 aliphatic carbocycles. The number of hydrogen-bond acceptors (Lipinski definition) is 4. The summed E-state index contributed by atoms with van der Waals surface area (Å²) in [5.41, 5.74) is 6.03. The Kier molecular flexibility index (Phi) is 5.24. The van der Waals surface area contributed by atoms with Crippen LogP contribution in [0.25, 0.3) is 5.69 Å². The first-order valence-electron chi connectivity index (χ1n) is 11.0. The normalized spacial score (nSPS) is 16.3. The van der Waals surface area contributed by atoms with E-state index in [1.54, 1.807) is 0 Å². The molecule has 2 aliphatic heterocycles. The highest BCUT2D eigenvalue weighted by Gasteiger charge is 2.27. The highest BCUT2D eigenvalue weighted by molar-refractivity contribution is 5.96. The molecule has 6 nitrogen and oxygen atoms in total. The van der Waals surface area contributed by atoms with E-state index in [-0.39, 0.29) is 5.91 Å². The van der Waals surface area contributed by atoms with Crippen molar-refractivity contribution in [3.8, 4) is 11.4 Å². The summed E-state index contributed by atoms with van der Waals surface area (Å²) >= 11 is 0. The Hall–Kier alpha value is -3.12. The van der Waals surface area contributed by atoms with E-state index in [0.29, 0.717) is 0 Å². The molecule has 6 heteroatoms. The molecule has 160 valence electrons. The predicted octanol–water partition coefficient (Wildman–Crippen LogP) is 3.38. The molecule has 31 heavy (non-hydrogen) atoms. The summed E-state index contributed by atoms with van der Waals surface area (Å²) in [6.07, 6.45) is 1.00. The summed E-state index contributed by atoms with van der Waals surface area (Å²) in [5, 5.41) is 4.64. The minimum atomic E-state index is 0.0894. The Balaban J connectivity index is 1.25. The molecule has 1 fully saturated rings. The van der Waals surface area contributed by atoms with Gasteiger partial charge in [-0.3, -0.25) is 9.69 Å². The third-order valence-electron chi connectivity index (χ3n) is 6.33. The van der Waals surface area contributed by atoms with E-state index >= 15 is 0 Å². The summed E-state index contributed by atoms with van der Waals surface area (Å²) in [6, 6.07) is 16.5. The van der Waals surface area contributed by atoms with Gasteiger partial charge in [0.2, 0.25) is 0 Å². The van der Waals surface area contributed by atoms with Crippen LogP contribution in [0.2, 0.25) is 0 Å². The number of ether oxygens (including phenoxy) is 1. The van der Waals surface area contributed by atoms with Crippen molar-refractivity contribution in [2.45, 2.75) is 26.8 Å². The smallest absolute Gasteiger partial charge is 0.257 e. The van der Waals surface area contributed by atoms with Crippen LogP contribution >= 0.6 is 0 Å². The molecule has 0 saturated carbocycles. The fourth-order valence-corrected chi connectivity index (χ4v) is 4.64. The highest BCUT2D eigenvalue weighted by atomic mass is 16.5. The summed E-state index contributed by atoms with van der Waals surface area (Å²) in [7, 11) is 0. The molecule has 1 saturated heterocycles. The van der Waals surface area contributed by atoms with Gasteiger partial charge in [-0.05, 0) is 43.2 Å². The van der Waals surface area contributed by atoms with Crippen LogP contribution in [0.5, 0.6) is 5.75 Å². The number of amides is 1. The van der Waals surface area contributed by atoms with E-state index in [9.17, 15) is 4.79 Å². The van der Waals surface area contributed by atoms with Crippen LogP contribution in [-0.2, 0) is 13.0 Å². The van der Waals surface area contributed by atoms with Gasteiger partial charge in [-0.2, -0.15) is 5.10 Å². The number of hydrogen-bond donors (Lipinski definition) is 0. The van der Waals surface area contributed by atoms with Gasteiger partial charge in [0.15, 0.2) is 0 Å². The Morgan fingerprint density at radius 3 is 2.58 bits per heavy atom. The second kappa shape index (κ2) is 8.19. The van der Waals surface area contributed by atoms with Gasteiger partial charge >= 0.3 is 0 Å². The summed E-state index contributed by atoms with van der Waals surface area (Å²) in [6.45, 7) is 8.85. The zero-order valence-corrected chi connectivity index (χ0v) is 18.2. The van der Waals surface area contributed by atoms with Crippen LogP contribution in [0, 0.1) is 13.8 Å². The molecule has 0 radical (unpaired) electrons. The maximum absolute atomic E-state index is 13.3. The Labute approximate surface area is 183 Å². The number of carbonyl (C=O) groups excluding carboxylic acids is 1. The lowest BCUT2D eigenvalue weighted by molar-refractivity contribution is 0.0627. The van der Waals surface area contributed by atoms with Crippen LogP contribution in [0.4, 0.5) is 0 Å². The zero-order chi connectivity index (χ0) is 21.4. The van der Waals surface area contributed by atoms with Gasteiger partial charge in [0.05, 0.1) is 29.2 Å². The van der Waals surface area contributed by atoms with E-state index in [1.165, 1.54) is 11.1 Å². The van der Waals surface area contributed by atoms with Gasteiger partial charge in [-0.1, -0.05) is 30.3 Å². The third kappa shape index (κ3) is 3.83. The minimum absolute atomic E-state index is 0.0894. The van der Waals surface area contributed by atoms with E-state index in [0.717, 1.165) is 74.1 Å². The first-order valence-corrected chi connectivity index (χ1v) is 11.0. The summed E-state index contributed by atoms with van der Waals surface area (Å²) < 4.78 is 7.48. The maximum atomic E-state index is 13.3. The van der Waals surface area contributed by atoms with Gasteiger partial charge in [-0.25, -0.2) is 4.68 Å². The van der Waals surface area contributed by atoms with E-state index < -0.39 is 0 Å². The molecule has 5 rings (SSSR count). The van der Waals surface area contributed by atoms with Crippen molar-refractivity contribution in [3.05, 3.63) is 76.6 Å². The predicted molar refractivity (Wildman–Crippen MR) is 120 cm³/mol. The number of benzene rings is 2. The average Bonchev–Trinajstić information content (AvgIpc) is 3.38. The number of aryl methyl sites for hydroxylation is 1. The molecular weight excluding hydrogens is 388 g/mol. The number of rotatable bonds is 4. The van der Waals surface area contributed by atoms with Crippen LogP contribution in [0.15, 0.2) is 48.5 Å². The van der Waals surface area contributed by atoms with E-state index in [2.05, 4.69) is 28.2 Å². The topological polar surface area (TPSA) is 50.6 Å². The number of aromatic nitrogens is 2. The molecule has 3 heterocycles. The first kappa shape index (κ1) is 19.8. The van der Waals surface area contributed by atoms with Gasteiger partial charge in [0.25, 0.3) is 5.91 Å². The van der Waals surface area contributed by atoms with E-state index in [4.69, 9.17) is 4.74 Å². The number of carbonyl (C=O) groups is 1. The molecule has 1 amide bonds. The lowest BCUT2D eigenvalue weighted by atomic mass is 10.1. The molecule has 0 bridgehead atoms. The van der Waals surface area contributed by atoms with Crippen LogP contribution in [0.3, 0.4) is 0 Å². The summed E-state index contributed by atoms with van der Waals surface area (Å²) in [5.74, 6) is 1.12. The van der Waals surface area contributed by atoms with Crippen LogP contribution in [-0.4, -0.2) is 58.3 Å². The van der Waals surface area contributed by atoms with E-state index in [1.807, 2.05) is 53.8 Å². The van der Waals surface area contributed by atoms with Gasteiger partial charge in [0.1, 0.15) is 5.75 Å². The monoisotopic (exact) mass is 416 g/mol. The molecule has 0 spiro atoms. The standard InChI is InChI=1S/C25H28N4O2/c1-18-24(19(2)29(26-18)22-6-4-3-5-7-22)25(30)28-13-11-27(12-14-28)17-20-8-9-23-21(16-20)10-15-31-23/h3-9,16H,10-15,17H2,1-2H3. The van der Waals surface area contributed by atoms with Crippen molar-refractivity contribution < 1.29 is 9.53 Å². The van der Waals surface area contributed by atoms with Crippen LogP contribution in [0.1, 0.15) is 32.9 Å². The molecular formula is C25H28N4O2. The van der Waals surface area contributed by atoms with Gasteiger partial charge in [-0.15, -0.1) is 0 Å².